The molecular formula is C22H20ClF3N4O2. The molecule has 6 nitrogen and oxygen atoms in total. The van der Waals surface area contributed by atoms with E-state index in [0.717, 1.165) is 4.68 Å². The Morgan fingerprint density at radius 1 is 1.22 bits per heavy atom. The van der Waals surface area contributed by atoms with Crippen molar-refractivity contribution in [2.75, 3.05) is 17.2 Å². The summed E-state index contributed by atoms with van der Waals surface area (Å²) < 4.78 is 47.6. The van der Waals surface area contributed by atoms with Gasteiger partial charge in [0.25, 0.3) is 5.91 Å². The molecule has 1 aliphatic heterocycles. The van der Waals surface area contributed by atoms with Crippen LogP contribution in [0, 0.1) is 0 Å². The Bertz CT molecular complexity index is 1100. The minimum atomic E-state index is -4.53. The van der Waals surface area contributed by atoms with Crippen LogP contribution in [0.25, 0.3) is 0 Å². The van der Waals surface area contributed by atoms with Crippen molar-refractivity contribution in [2.24, 2.45) is 0 Å². The van der Waals surface area contributed by atoms with E-state index in [-0.39, 0.29) is 17.9 Å². The lowest BCUT2D eigenvalue weighted by Crippen LogP contribution is -2.35. The molecule has 0 spiro atoms. The molecule has 3 aromatic rings. The van der Waals surface area contributed by atoms with Crippen LogP contribution in [-0.4, -0.2) is 28.5 Å². The maximum absolute atomic E-state index is 13.8. The van der Waals surface area contributed by atoms with Gasteiger partial charge in [-0.3, -0.25) is 4.79 Å². The van der Waals surface area contributed by atoms with Crippen LogP contribution < -0.4 is 15.4 Å². The van der Waals surface area contributed by atoms with Gasteiger partial charge in [-0.15, -0.1) is 0 Å². The van der Waals surface area contributed by atoms with Gasteiger partial charge in [-0.1, -0.05) is 23.7 Å². The number of fused-ring (bicyclic) bond motifs is 1. The average Bonchev–Trinajstić information content (AvgIpc) is 3.19. The van der Waals surface area contributed by atoms with Crippen molar-refractivity contribution in [3.8, 4) is 5.75 Å². The molecular weight excluding hydrogens is 445 g/mol. The first-order valence-corrected chi connectivity index (χ1v) is 10.3. The lowest BCUT2D eigenvalue weighted by molar-refractivity contribution is -0.173. The molecule has 1 amide bonds. The number of hydrogen-bond donors (Lipinski definition) is 2. The topological polar surface area (TPSA) is 68.2 Å². The Morgan fingerprint density at radius 3 is 2.53 bits per heavy atom. The van der Waals surface area contributed by atoms with Gasteiger partial charge in [0, 0.05) is 23.2 Å². The van der Waals surface area contributed by atoms with Crippen molar-refractivity contribution in [1.82, 2.24) is 9.78 Å². The first kappa shape index (κ1) is 22.0. The number of ether oxygens (including phenoxy) is 1. The van der Waals surface area contributed by atoms with Crippen molar-refractivity contribution in [3.63, 3.8) is 0 Å². The summed E-state index contributed by atoms with van der Waals surface area (Å²) in [6.07, 6.45) is -4.80. The van der Waals surface area contributed by atoms with Crippen LogP contribution in [0.4, 0.5) is 24.7 Å². The highest BCUT2D eigenvalue weighted by Gasteiger charge is 2.46. The molecule has 1 aliphatic rings. The summed E-state index contributed by atoms with van der Waals surface area (Å²) in [6.45, 7) is 2.37. The van der Waals surface area contributed by atoms with Crippen molar-refractivity contribution in [1.29, 1.82) is 0 Å². The molecule has 0 saturated heterocycles. The fraction of sp³-hybridized carbons (Fsp3) is 0.273. The van der Waals surface area contributed by atoms with E-state index in [1.54, 1.807) is 48.5 Å². The zero-order valence-electron chi connectivity index (χ0n) is 17.0. The maximum Gasteiger partial charge on any atom is 0.410 e. The third-order valence-corrected chi connectivity index (χ3v) is 5.37. The Kier molecular flexibility index (Phi) is 6.01. The van der Waals surface area contributed by atoms with Gasteiger partial charge in [0.2, 0.25) is 0 Å². The number of nitrogens with one attached hydrogen (secondary N) is 2. The number of carbonyl (C=O) groups excluding carboxylic acids is 1. The van der Waals surface area contributed by atoms with Gasteiger partial charge < -0.3 is 15.4 Å². The Morgan fingerprint density at radius 2 is 1.91 bits per heavy atom. The summed E-state index contributed by atoms with van der Waals surface area (Å²) >= 11 is 5.90. The van der Waals surface area contributed by atoms with Gasteiger partial charge in [-0.25, -0.2) is 4.68 Å². The van der Waals surface area contributed by atoms with Crippen LogP contribution in [-0.2, 0) is 0 Å². The number of rotatable bonds is 5. The van der Waals surface area contributed by atoms with E-state index in [1.165, 1.54) is 6.07 Å². The number of alkyl halides is 3. The van der Waals surface area contributed by atoms with Gasteiger partial charge in [0.15, 0.2) is 11.7 Å². The molecule has 2 heterocycles. The quantitative estimate of drug-likeness (QED) is 0.497. The number of amides is 1. The summed E-state index contributed by atoms with van der Waals surface area (Å²) in [5.41, 5.74) is 1.02. The lowest BCUT2D eigenvalue weighted by atomic mass is 9.97. The molecule has 0 unspecified atom stereocenters. The standard InChI is InChI=1S/C22H20ClF3N4O2/c1-2-32-16-9-7-15(8-10-16)27-21(31)18-12-20-28-17(13-3-5-14(23)6-4-13)11-19(22(24,25)26)30(20)29-18/h3-10,12,17,19,28H,2,11H2,1H3,(H,27,31)/t17-,19+/m1/s1. The van der Waals surface area contributed by atoms with E-state index >= 15 is 0 Å². The highest BCUT2D eigenvalue weighted by atomic mass is 35.5. The number of nitrogens with zero attached hydrogens (tertiary/aromatic N) is 2. The first-order valence-electron chi connectivity index (χ1n) is 9.97. The molecule has 10 heteroatoms. The fourth-order valence-corrected chi connectivity index (χ4v) is 3.72. The van der Waals surface area contributed by atoms with Gasteiger partial charge >= 0.3 is 6.18 Å². The number of halogens is 4. The van der Waals surface area contributed by atoms with Crippen molar-refractivity contribution in [2.45, 2.75) is 31.6 Å². The zero-order chi connectivity index (χ0) is 22.9. The summed E-state index contributed by atoms with van der Waals surface area (Å²) in [6, 6.07) is 12.1. The second-order valence-electron chi connectivity index (χ2n) is 7.31. The molecule has 2 atom stereocenters. The van der Waals surface area contributed by atoms with Crippen molar-refractivity contribution >= 4 is 29.0 Å². The predicted molar refractivity (Wildman–Crippen MR) is 115 cm³/mol. The third-order valence-electron chi connectivity index (χ3n) is 5.12. The largest absolute Gasteiger partial charge is 0.494 e. The fourth-order valence-electron chi connectivity index (χ4n) is 3.59. The second kappa shape index (κ2) is 8.74. The van der Waals surface area contributed by atoms with E-state index in [4.69, 9.17) is 16.3 Å². The summed E-state index contributed by atoms with van der Waals surface area (Å²) in [5.74, 6) is 0.158. The molecule has 0 bridgehead atoms. The second-order valence-corrected chi connectivity index (χ2v) is 7.75. The minimum Gasteiger partial charge on any atom is -0.494 e. The molecule has 1 aromatic heterocycles. The lowest BCUT2D eigenvalue weighted by Gasteiger charge is -2.33. The van der Waals surface area contributed by atoms with Crippen LogP contribution in [0.1, 0.15) is 41.5 Å². The van der Waals surface area contributed by atoms with Crippen LogP contribution in [0.5, 0.6) is 5.75 Å². The molecule has 32 heavy (non-hydrogen) atoms. The number of carbonyl (C=O) groups is 1. The van der Waals surface area contributed by atoms with Gasteiger partial charge in [0.1, 0.15) is 11.6 Å². The molecule has 0 radical (unpaired) electrons. The molecule has 0 fully saturated rings. The van der Waals surface area contributed by atoms with Crippen LogP contribution >= 0.6 is 11.6 Å². The van der Waals surface area contributed by atoms with E-state index in [1.807, 2.05) is 6.92 Å². The number of hydrogen-bond acceptors (Lipinski definition) is 4. The van der Waals surface area contributed by atoms with E-state index < -0.39 is 24.2 Å². The first-order chi connectivity index (χ1) is 15.2. The molecule has 4 rings (SSSR count). The van der Waals surface area contributed by atoms with Crippen LogP contribution in [0.15, 0.2) is 54.6 Å². The molecule has 2 N–H and O–H groups in total. The Labute approximate surface area is 187 Å². The van der Waals surface area contributed by atoms with Crippen LogP contribution in [0.3, 0.4) is 0 Å². The Hall–Kier alpha value is -3.20. The van der Waals surface area contributed by atoms with Crippen LogP contribution in [0.2, 0.25) is 5.02 Å². The molecule has 0 saturated carbocycles. The van der Waals surface area contributed by atoms with E-state index in [2.05, 4.69) is 15.7 Å². The maximum atomic E-state index is 13.8. The highest BCUT2D eigenvalue weighted by molar-refractivity contribution is 6.30. The normalized spacial score (nSPS) is 17.9. The summed E-state index contributed by atoms with van der Waals surface area (Å²) in [7, 11) is 0. The summed E-state index contributed by atoms with van der Waals surface area (Å²) in [4.78, 5) is 12.6. The Balaban J connectivity index is 1.58. The third kappa shape index (κ3) is 4.67. The number of benzene rings is 2. The summed E-state index contributed by atoms with van der Waals surface area (Å²) in [5, 5.41) is 10.2. The average molecular weight is 465 g/mol. The van der Waals surface area contributed by atoms with Gasteiger partial charge in [-0.05, 0) is 48.9 Å². The monoisotopic (exact) mass is 464 g/mol. The minimum absolute atomic E-state index is 0.118. The molecule has 2 aromatic carbocycles. The zero-order valence-corrected chi connectivity index (χ0v) is 17.7. The molecule has 0 aliphatic carbocycles. The van der Waals surface area contributed by atoms with E-state index in [9.17, 15) is 18.0 Å². The predicted octanol–water partition coefficient (Wildman–Crippen LogP) is 5.85. The molecule has 168 valence electrons. The number of aromatic nitrogens is 2. The number of anilines is 2. The van der Waals surface area contributed by atoms with E-state index in [0.29, 0.717) is 28.6 Å². The van der Waals surface area contributed by atoms with Gasteiger partial charge in [-0.2, -0.15) is 18.3 Å². The van der Waals surface area contributed by atoms with Crippen molar-refractivity contribution in [3.05, 3.63) is 70.9 Å². The smallest absolute Gasteiger partial charge is 0.410 e. The SMILES string of the molecule is CCOc1ccc(NC(=O)c2cc3n(n2)[C@H](C(F)(F)F)C[C@H](c2ccc(Cl)cc2)N3)cc1. The van der Waals surface area contributed by atoms with Gasteiger partial charge in [0.05, 0.1) is 12.6 Å². The van der Waals surface area contributed by atoms with Crippen molar-refractivity contribution < 1.29 is 22.7 Å². The highest BCUT2D eigenvalue weighted by Crippen LogP contribution is 2.43.